The second kappa shape index (κ2) is 11.3. The predicted molar refractivity (Wildman–Crippen MR) is 130 cm³/mol. The second-order valence-corrected chi connectivity index (χ2v) is 8.48. The highest BCUT2D eigenvalue weighted by Crippen LogP contribution is 2.36. The first kappa shape index (κ1) is 24.6. The molecule has 1 heterocycles. The van der Waals surface area contributed by atoms with Gasteiger partial charge in [0.25, 0.3) is 0 Å². The summed E-state index contributed by atoms with van der Waals surface area (Å²) >= 11 is 0. The maximum atomic E-state index is 13.7. The van der Waals surface area contributed by atoms with Crippen molar-refractivity contribution < 1.29 is 22.6 Å². The van der Waals surface area contributed by atoms with Gasteiger partial charge in [0.15, 0.2) is 0 Å². The lowest BCUT2D eigenvalue weighted by Gasteiger charge is -2.23. The molecular weight excluding hydrogens is 457 g/mol. The number of alkyl halides is 3. The molecule has 9 heteroatoms. The first-order valence-corrected chi connectivity index (χ1v) is 11.9. The fourth-order valence-electron chi connectivity index (χ4n) is 3.89. The summed E-state index contributed by atoms with van der Waals surface area (Å²) < 4.78 is 52.6. The molecule has 35 heavy (non-hydrogen) atoms. The van der Waals surface area contributed by atoms with E-state index in [1.807, 2.05) is 13.0 Å². The highest BCUT2D eigenvalue weighted by molar-refractivity contribution is 5.64. The van der Waals surface area contributed by atoms with E-state index in [0.717, 1.165) is 38.3 Å². The van der Waals surface area contributed by atoms with Gasteiger partial charge in [0.2, 0.25) is 5.95 Å². The minimum atomic E-state index is -4.62. The molecule has 0 radical (unpaired) electrons. The molecule has 0 saturated heterocycles. The average molecular weight is 487 g/mol. The number of anilines is 4. The van der Waals surface area contributed by atoms with Crippen molar-refractivity contribution in [2.75, 3.05) is 17.2 Å². The van der Waals surface area contributed by atoms with Crippen LogP contribution in [0.4, 0.5) is 36.3 Å². The molecule has 1 aliphatic rings. The molecule has 0 atom stereocenters. The third-order valence-electron chi connectivity index (χ3n) is 5.63. The van der Waals surface area contributed by atoms with E-state index in [1.54, 1.807) is 42.5 Å². The molecule has 0 unspecified atom stereocenters. The zero-order valence-electron chi connectivity index (χ0n) is 19.6. The summed E-state index contributed by atoms with van der Waals surface area (Å²) in [7, 11) is 0. The Morgan fingerprint density at radius 2 is 1.71 bits per heavy atom. The highest BCUT2D eigenvalue weighted by atomic mass is 19.4. The molecule has 0 amide bonds. The highest BCUT2D eigenvalue weighted by Gasteiger charge is 2.35. The number of rotatable bonds is 9. The zero-order valence-corrected chi connectivity index (χ0v) is 19.6. The largest absolute Gasteiger partial charge is 0.494 e. The lowest BCUT2D eigenvalue weighted by molar-refractivity contribution is -0.137. The number of hydrogen-bond donors (Lipinski definition) is 2. The van der Waals surface area contributed by atoms with E-state index in [1.165, 1.54) is 6.42 Å². The van der Waals surface area contributed by atoms with Gasteiger partial charge >= 0.3 is 6.18 Å². The van der Waals surface area contributed by atoms with Gasteiger partial charge in [-0.3, -0.25) is 0 Å². The lowest BCUT2D eigenvalue weighted by Crippen LogP contribution is -2.19. The first-order chi connectivity index (χ1) is 16.9. The van der Waals surface area contributed by atoms with Gasteiger partial charge in [-0.15, -0.1) is 0 Å². The number of halogens is 3. The second-order valence-electron chi connectivity index (χ2n) is 8.48. The van der Waals surface area contributed by atoms with Crippen molar-refractivity contribution in [1.82, 2.24) is 9.97 Å². The predicted octanol–water partition coefficient (Wildman–Crippen LogP) is 7.48. The smallest absolute Gasteiger partial charge is 0.421 e. The molecule has 6 nitrogen and oxygen atoms in total. The molecule has 1 saturated carbocycles. The van der Waals surface area contributed by atoms with Gasteiger partial charge in [0.05, 0.1) is 12.7 Å². The summed E-state index contributed by atoms with van der Waals surface area (Å²) in [6, 6.07) is 14.0. The van der Waals surface area contributed by atoms with E-state index >= 15 is 0 Å². The van der Waals surface area contributed by atoms with Crippen LogP contribution in [0.25, 0.3) is 0 Å². The third kappa shape index (κ3) is 7.00. The molecule has 0 bridgehead atoms. The molecule has 0 aliphatic heterocycles. The Balaban J connectivity index is 1.52. The maximum absolute atomic E-state index is 13.7. The fourth-order valence-corrected chi connectivity index (χ4v) is 3.89. The molecule has 1 aliphatic carbocycles. The van der Waals surface area contributed by atoms with E-state index in [4.69, 9.17) is 9.47 Å². The van der Waals surface area contributed by atoms with Gasteiger partial charge < -0.3 is 20.1 Å². The van der Waals surface area contributed by atoms with Gasteiger partial charge in [0.1, 0.15) is 22.9 Å². The molecule has 0 spiro atoms. The lowest BCUT2D eigenvalue weighted by atomic mass is 9.98. The van der Waals surface area contributed by atoms with Crippen molar-refractivity contribution in [1.29, 1.82) is 0 Å². The standard InChI is InChI=1S/C26H29F3N4O2/c1-2-15-34-20-13-11-18(12-14-20)32-25-30-17-23(26(27,28)29)24(33-25)31-19-7-6-10-22(16-19)35-21-8-4-3-5-9-21/h6-7,10-14,16-17,21H,2-5,8-9,15H2,1H3,(H2,30,31,32,33). The van der Waals surface area contributed by atoms with Gasteiger partial charge in [0, 0.05) is 23.6 Å². The Bertz CT molecular complexity index is 1100. The number of nitrogens with one attached hydrogen (secondary N) is 2. The summed E-state index contributed by atoms with van der Waals surface area (Å²) in [5.74, 6) is 1.03. The van der Waals surface area contributed by atoms with E-state index in [0.29, 0.717) is 29.5 Å². The number of aromatic nitrogens is 2. The Kier molecular flexibility index (Phi) is 7.94. The van der Waals surface area contributed by atoms with E-state index in [2.05, 4.69) is 20.6 Å². The van der Waals surface area contributed by atoms with Gasteiger partial charge in [-0.25, -0.2) is 4.98 Å². The normalized spacial score (nSPS) is 14.4. The Labute approximate surface area is 202 Å². The number of benzene rings is 2. The minimum Gasteiger partial charge on any atom is -0.494 e. The summed E-state index contributed by atoms with van der Waals surface area (Å²) in [5.41, 5.74) is 0.123. The SMILES string of the molecule is CCCOc1ccc(Nc2ncc(C(F)(F)F)c(Nc3cccc(OC4CCCCC4)c3)n2)cc1. The van der Waals surface area contributed by atoms with Crippen LogP contribution in [0.15, 0.2) is 54.7 Å². The molecule has 1 aromatic heterocycles. The topological polar surface area (TPSA) is 68.3 Å². The van der Waals surface area contributed by atoms with Crippen molar-refractivity contribution in [2.45, 2.75) is 57.7 Å². The molecule has 1 fully saturated rings. The van der Waals surface area contributed by atoms with Gasteiger partial charge in [-0.2, -0.15) is 18.2 Å². The number of ether oxygens (including phenoxy) is 2. The van der Waals surface area contributed by atoms with Crippen LogP contribution in [0, 0.1) is 0 Å². The van der Waals surface area contributed by atoms with Crippen LogP contribution in [0.5, 0.6) is 11.5 Å². The monoisotopic (exact) mass is 486 g/mol. The van der Waals surface area contributed by atoms with Crippen LogP contribution in [0.2, 0.25) is 0 Å². The average Bonchev–Trinajstić information content (AvgIpc) is 2.84. The maximum Gasteiger partial charge on any atom is 0.421 e. The van der Waals surface area contributed by atoms with Crippen LogP contribution in [0.3, 0.4) is 0 Å². The quantitative estimate of drug-likeness (QED) is 0.327. The van der Waals surface area contributed by atoms with Crippen molar-refractivity contribution in [3.05, 3.63) is 60.3 Å². The fraction of sp³-hybridized carbons (Fsp3) is 0.385. The van der Waals surface area contributed by atoms with E-state index < -0.39 is 11.7 Å². The third-order valence-corrected chi connectivity index (χ3v) is 5.63. The minimum absolute atomic E-state index is 0.0392. The summed E-state index contributed by atoms with van der Waals surface area (Å²) in [4.78, 5) is 7.99. The van der Waals surface area contributed by atoms with Crippen LogP contribution in [-0.4, -0.2) is 22.7 Å². The summed E-state index contributed by atoms with van der Waals surface area (Å²) in [5, 5.41) is 5.75. The molecule has 3 aromatic rings. The molecular formula is C26H29F3N4O2. The van der Waals surface area contributed by atoms with Crippen molar-refractivity contribution in [2.24, 2.45) is 0 Å². The molecule has 186 valence electrons. The zero-order chi connectivity index (χ0) is 24.7. The van der Waals surface area contributed by atoms with Crippen LogP contribution in [-0.2, 0) is 6.18 Å². The summed E-state index contributed by atoms with van der Waals surface area (Å²) in [6.07, 6.45) is 2.64. The molecule has 2 aromatic carbocycles. The van der Waals surface area contributed by atoms with Gasteiger partial charge in [-0.1, -0.05) is 19.4 Å². The Morgan fingerprint density at radius 1 is 0.943 bits per heavy atom. The van der Waals surface area contributed by atoms with Crippen molar-refractivity contribution >= 4 is 23.1 Å². The van der Waals surface area contributed by atoms with E-state index in [-0.39, 0.29) is 17.9 Å². The summed E-state index contributed by atoms with van der Waals surface area (Å²) in [6.45, 7) is 2.63. The molecule has 2 N–H and O–H groups in total. The van der Waals surface area contributed by atoms with E-state index in [9.17, 15) is 13.2 Å². The number of nitrogens with zero attached hydrogens (tertiary/aromatic N) is 2. The van der Waals surface area contributed by atoms with Gasteiger partial charge in [-0.05, 0) is 68.5 Å². The number of hydrogen-bond acceptors (Lipinski definition) is 6. The van der Waals surface area contributed by atoms with Crippen molar-refractivity contribution in [3.8, 4) is 11.5 Å². The van der Waals surface area contributed by atoms with Crippen molar-refractivity contribution in [3.63, 3.8) is 0 Å². The van der Waals surface area contributed by atoms with Crippen LogP contribution >= 0.6 is 0 Å². The Morgan fingerprint density at radius 3 is 2.43 bits per heavy atom. The first-order valence-electron chi connectivity index (χ1n) is 11.9. The van der Waals surface area contributed by atoms with Crippen LogP contribution < -0.4 is 20.1 Å². The molecule has 4 rings (SSSR count). The van der Waals surface area contributed by atoms with Crippen LogP contribution in [0.1, 0.15) is 51.0 Å². The Hall–Kier alpha value is -3.49.